The van der Waals surface area contributed by atoms with E-state index in [9.17, 15) is 0 Å². The molecule has 20 heavy (non-hydrogen) atoms. The zero-order valence-electron chi connectivity index (χ0n) is 12.4. The van der Waals surface area contributed by atoms with Gasteiger partial charge in [0, 0.05) is 25.2 Å². The van der Waals surface area contributed by atoms with Gasteiger partial charge in [0.1, 0.15) is 0 Å². The second-order valence-electron chi connectivity index (χ2n) is 6.11. The van der Waals surface area contributed by atoms with E-state index in [2.05, 4.69) is 58.9 Å². The van der Waals surface area contributed by atoms with Crippen molar-refractivity contribution in [1.82, 2.24) is 15.5 Å². The van der Waals surface area contributed by atoms with E-state index >= 15 is 0 Å². The van der Waals surface area contributed by atoms with Gasteiger partial charge in [-0.25, -0.2) is 0 Å². The van der Waals surface area contributed by atoms with E-state index in [1.54, 1.807) is 0 Å². The Labute approximate surface area is 121 Å². The highest BCUT2D eigenvalue weighted by Crippen LogP contribution is 2.32. The van der Waals surface area contributed by atoms with Crippen molar-refractivity contribution in [2.24, 2.45) is 4.99 Å². The van der Waals surface area contributed by atoms with Crippen LogP contribution in [0.3, 0.4) is 0 Å². The minimum atomic E-state index is 0.158. The molecule has 0 amide bonds. The van der Waals surface area contributed by atoms with Gasteiger partial charge in [-0.1, -0.05) is 24.3 Å². The highest BCUT2D eigenvalue weighted by atomic mass is 15.2. The Morgan fingerprint density at radius 1 is 1.25 bits per heavy atom. The van der Waals surface area contributed by atoms with Gasteiger partial charge in [-0.15, -0.1) is 0 Å². The molecule has 1 heterocycles. The van der Waals surface area contributed by atoms with Crippen LogP contribution in [0.15, 0.2) is 29.3 Å². The molecular weight excluding hydrogens is 248 g/mol. The quantitative estimate of drug-likeness (QED) is 0.863. The fraction of sp³-hybridized carbons (Fsp3) is 0.562. The molecule has 2 N–H and O–H groups in total. The standard InChI is InChI=1S/C16H24N4/c1-20(2)16(12-19-15-17-8-5-9-18-15)10-13-6-3-4-7-14(13)11-16/h3-4,6-7H,5,8-12H2,1-2H3,(H2,17,18,19). The molecule has 0 saturated heterocycles. The molecule has 0 spiro atoms. The van der Waals surface area contributed by atoms with Gasteiger partial charge in [-0.2, -0.15) is 0 Å². The number of hydrogen-bond donors (Lipinski definition) is 2. The van der Waals surface area contributed by atoms with Crippen LogP contribution in [0.4, 0.5) is 0 Å². The summed E-state index contributed by atoms with van der Waals surface area (Å²) >= 11 is 0. The third-order valence-corrected chi connectivity index (χ3v) is 4.59. The highest BCUT2D eigenvalue weighted by molar-refractivity contribution is 5.80. The van der Waals surface area contributed by atoms with Crippen LogP contribution in [0.2, 0.25) is 0 Å². The lowest BCUT2D eigenvalue weighted by molar-refractivity contribution is 0.164. The smallest absolute Gasteiger partial charge is 0.191 e. The normalized spacial score (nSPS) is 20.2. The van der Waals surface area contributed by atoms with Crippen LogP contribution >= 0.6 is 0 Å². The Morgan fingerprint density at radius 2 is 1.95 bits per heavy atom. The summed E-state index contributed by atoms with van der Waals surface area (Å²) in [5, 5.41) is 6.86. The van der Waals surface area contributed by atoms with Gasteiger partial charge in [-0.3, -0.25) is 4.99 Å². The van der Waals surface area contributed by atoms with Crippen LogP contribution < -0.4 is 10.6 Å². The molecule has 0 radical (unpaired) electrons. The maximum Gasteiger partial charge on any atom is 0.191 e. The summed E-state index contributed by atoms with van der Waals surface area (Å²) in [5.41, 5.74) is 3.13. The summed E-state index contributed by atoms with van der Waals surface area (Å²) in [7, 11) is 4.37. The monoisotopic (exact) mass is 272 g/mol. The number of fused-ring (bicyclic) bond motifs is 1. The third-order valence-electron chi connectivity index (χ3n) is 4.59. The zero-order chi connectivity index (χ0) is 14.0. The summed E-state index contributed by atoms with van der Waals surface area (Å²) in [6, 6.07) is 8.81. The number of likely N-dealkylation sites (N-methyl/N-ethyl adjacent to an activating group) is 1. The third kappa shape index (κ3) is 2.52. The first-order valence-electron chi connectivity index (χ1n) is 7.46. The van der Waals surface area contributed by atoms with E-state index in [0.717, 1.165) is 44.9 Å². The number of benzene rings is 1. The molecule has 0 unspecified atom stereocenters. The first kappa shape index (κ1) is 13.4. The van der Waals surface area contributed by atoms with Crippen LogP contribution in [0.5, 0.6) is 0 Å². The summed E-state index contributed by atoms with van der Waals surface area (Å²) in [5.74, 6) is 0.966. The van der Waals surface area contributed by atoms with Gasteiger partial charge < -0.3 is 15.5 Å². The van der Waals surface area contributed by atoms with Crippen LogP contribution in [-0.4, -0.2) is 50.1 Å². The largest absolute Gasteiger partial charge is 0.356 e. The van der Waals surface area contributed by atoms with Gasteiger partial charge in [0.05, 0.1) is 0 Å². The Morgan fingerprint density at radius 3 is 2.50 bits per heavy atom. The molecule has 0 atom stereocenters. The van der Waals surface area contributed by atoms with E-state index in [4.69, 9.17) is 0 Å². The molecule has 4 nitrogen and oxygen atoms in total. The molecule has 0 aromatic heterocycles. The van der Waals surface area contributed by atoms with Crippen molar-refractivity contribution >= 4 is 5.96 Å². The molecular formula is C16H24N4. The SMILES string of the molecule is CN(C)C1(CNC2=NCCCN2)Cc2ccccc2C1. The molecule has 3 rings (SSSR count). The molecule has 2 aliphatic rings. The van der Waals surface area contributed by atoms with Gasteiger partial charge in [0.15, 0.2) is 5.96 Å². The van der Waals surface area contributed by atoms with Crippen molar-refractivity contribution in [2.75, 3.05) is 33.7 Å². The maximum absolute atomic E-state index is 4.51. The molecule has 108 valence electrons. The van der Waals surface area contributed by atoms with E-state index in [1.165, 1.54) is 11.1 Å². The van der Waals surface area contributed by atoms with E-state index in [1.807, 2.05) is 0 Å². The van der Waals surface area contributed by atoms with Crippen molar-refractivity contribution in [3.05, 3.63) is 35.4 Å². The zero-order valence-corrected chi connectivity index (χ0v) is 12.4. The van der Waals surface area contributed by atoms with Crippen molar-refractivity contribution in [2.45, 2.75) is 24.8 Å². The summed E-state index contributed by atoms with van der Waals surface area (Å²) in [6.45, 7) is 2.89. The second-order valence-corrected chi connectivity index (χ2v) is 6.11. The van der Waals surface area contributed by atoms with Gasteiger partial charge in [-0.05, 0) is 44.5 Å². The van der Waals surface area contributed by atoms with Gasteiger partial charge in [0.25, 0.3) is 0 Å². The molecule has 0 saturated carbocycles. The van der Waals surface area contributed by atoms with E-state index in [0.29, 0.717) is 0 Å². The number of rotatable bonds is 3. The lowest BCUT2D eigenvalue weighted by Gasteiger charge is -2.37. The average Bonchev–Trinajstić information content (AvgIpc) is 2.86. The van der Waals surface area contributed by atoms with Gasteiger partial charge >= 0.3 is 0 Å². The predicted octanol–water partition coefficient (Wildman–Crippen LogP) is 1.02. The molecule has 1 aliphatic carbocycles. The summed E-state index contributed by atoms with van der Waals surface area (Å²) in [6.07, 6.45) is 3.35. The molecule has 4 heteroatoms. The molecule has 1 aromatic carbocycles. The Hall–Kier alpha value is -1.55. The van der Waals surface area contributed by atoms with Crippen molar-refractivity contribution < 1.29 is 0 Å². The predicted molar refractivity (Wildman–Crippen MR) is 83.2 cm³/mol. The van der Waals surface area contributed by atoms with Crippen LogP contribution in [0.1, 0.15) is 17.5 Å². The molecule has 0 fully saturated rings. The maximum atomic E-state index is 4.51. The molecule has 0 bridgehead atoms. The van der Waals surface area contributed by atoms with E-state index < -0.39 is 0 Å². The fourth-order valence-electron chi connectivity index (χ4n) is 3.17. The summed E-state index contributed by atoms with van der Waals surface area (Å²) < 4.78 is 0. The number of guanidine groups is 1. The van der Waals surface area contributed by atoms with E-state index in [-0.39, 0.29) is 5.54 Å². The Balaban J connectivity index is 1.72. The first-order chi connectivity index (χ1) is 9.70. The molecule has 1 aliphatic heterocycles. The van der Waals surface area contributed by atoms with Crippen LogP contribution in [0.25, 0.3) is 0 Å². The van der Waals surface area contributed by atoms with Crippen LogP contribution in [0, 0.1) is 0 Å². The van der Waals surface area contributed by atoms with Crippen LogP contribution in [-0.2, 0) is 12.8 Å². The highest BCUT2D eigenvalue weighted by Gasteiger charge is 2.39. The lowest BCUT2D eigenvalue weighted by atomic mass is 9.94. The minimum absolute atomic E-state index is 0.158. The minimum Gasteiger partial charge on any atom is -0.356 e. The number of hydrogen-bond acceptors (Lipinski definition) is 4. The average molecular weight is 272 g/mol. The fourth-order valence-corrected chi connectivity index (χ4v) is 3.17. The lowest BCUT2D eigenvalue weighted by Crippen LogP contribution is -2.55. The molecule has 1 aromatic rings. The Kier molecular flexibility index (Phi) is 3.66. The summed E-state index contributed by atoms with van der Waals surface area (Å²) in [4.78, 5) is 6.87. The number of aliphatic imine (C=N–C) groups is 1. The van der Waals surface area contributed by atoms with Crippen molar-refractivity contribution in [3.63, 3.8) is 0 Å². The van der Waals surface area contributed by atoms with Crippen molar-refractivity contribution in [1.29, 1.82) is 0 Å². The Bertz CT molecular complexity index is 482. The topological polar surface area (TPSA) is 39.7 Å². The van der Waals surface area contributed by atoms with Crippen molar-refractivity contribution in [3.8, 4) is 0 Å². The number of nitrogens with one attached hydrogen (secondary N) is 2. The first-order valence-corrected chi connectivity index (χ1v) is 7.46. The van der Waals surface area contributed by atoms with Gasteiger partial charge in [0.2, 0.25) is 0 Å². The number of nitrogens with zero attached hydrogens (tertiary/aromatic N) is 2. The second kappa shape index (κ2) is 5.44.